The van der Waals surface area contributed by atoms with Crippen LogP contribution in [-0.2, 0) is 0 Å². The van der Waals surface area contributed by atoms with Gasteiger partial charge in [0.2, 0.25) is 0 Å². The van der Waals surface area contributed by atoms with Gasteiger partial charge in [-0.05, 0) is 62.9 Å². The predicted octanol–water partition coefficient (Wildman–Crippen LogP) is 16.9. The lowest BCUT2D eigenvalue weighted by molar-refractivity contribution is 0.669. The van der Waals surface area contributed by atoms with Crippen LogP contribution in [0.5, 0.6) is 0 Å². The summed E-state index contributed by atoms with van der Waals surface area (Å²) in [6.07, 6.45) is 0. The first-order valence-corrected chi connectivity index (χ1v) is 22.7. The van der Waals surface area contributed by atoms with Crippen LogP contribution >= 0.6 is 0 Å². The van der Waals surface area contributed by atoms with Gasteiger partial charge in [-0.15, -0.1) is 0 Å². The van der Waals surface area contributed by atoms with Gasteiger partial charge in [0.15, 0.2) is 5.82 Å². The molecule has 0 amide bonds. The summed E-state index contributed by atoms with van der Waals surface area (Å²) in [5, 5.41) is 7.81. The smallest absolute Gasteiger partial charge is 0.160 e. The molecule has 10 aromatic carbocycles. The van der Waals surface area contributed by atoms with Crippen molar-refractivity contribution in [1.29, 1.82) is 0 Å². The standard InChI is InChI=1S/C63H39N3O/c1-4-16-40(17-5-1)41-28-32-43(33-29-41)55-39-56(66-63(65-55)46-20-8-3-9-21-46)50-37-36-47(48-22-10-11-23-49(48)50)42-30-34-44(35-31-42)59-60-51-24-12-14-26-54(51)64-62(45-18-6-2-7-19-45)53(60)38-58-61(59)52-25-13-15-27-57(52)67-58/h1-39H. The highest BCUT2D eigenvalue weighted by molar-refractivity contribution is 6.27. The van der Waals surface area contributed by atoms with Crippen LogP contribution in [0.2, 0.25) is 0 Å². The zero-order chi connectivity index (χ0) is 44.3. The largest absolute Gasteiger partial charge is 0.456 e. The van der Waals surface area contributed by atoms with Crippen molar-refractivity contribution >= 4 is 54.4 Å². The lowest BCUT2D eigenvalue weighted by Crippen LogP contribution is -1.97. The van der Waals surface area contributed by atoms with Gasteiger partial charge in [-0.3, -0.25) is 0 Å². The van der Waals surface area contributed by atoms with E-state index in [1.54, 1.807) is 0 Å². The van der Waals surface area contributed by atoms with E-state index in [9.17, 15) is 0 Å². The molecule has 0 N–H and O–H groups in total. The maximum atomic E-state index is 6.66. The minimum Gasteiger partial charge on any atom is -0.456 e. The Morgan fingerprint density at radius 2 is 0.806 bits per heavy atom. The number of fused-ring (bicyclic) bond motifs is 7. The second kappa shape index (κ2) is 15.9. The molecule has 3 heterocycles. The van der Waals surface area contributed by atoms with E-state index in [1.807, 2.05) is 30.3 Å². The van der Waals surface area contributed by atoms with E-state index in [-0.39, 0.29) is 0 Å². The van der Waals surface area contributed by atoms with E-state index in [4.69, 9.17) is 19.4 Å². The quantitative estimate of drug-likeness (QED) is 0.150. The Labute approximate surface area is 387 Å². The van der Waals surface area contributed by atoms with E-state index in [0.717, 1.165) is 116 Å². The number of benzene rings is 10. The zero-order valence-electron chi connectivity index (χ0n) is 36.3. The first-order valence-electron chi connectivity index (χ1n) is 22.7. The van der Waals surface area contributed by atoms with Gasteiger partial charge < -0.3 is 4.42 Å². The molecule has 0 fully saturated rings. The summed E-state index contributed by atoms with van der Waals surface area (Å²) in [4.78, 5) is 15.7. The molecular formula is C63H39N3O. The fourth-order valence-electron chi connectivity index (χ4n) is 9.93. The van der Waals surface area contributed by atoms with Gasteiger partial charge in [-0.25, -0.2) is 15.0 Å². The van der Waals surface area contributed by atoms with Crippen LogP contribution in [0, 0.1) is 0 Å². The molecule has 0 aliphatic carbocycles. The van der Waals surface area contributed by atoms with Crippen LogP contribution in [0.3, 0.4) is 0 Å². The van der Waals surface area contributed by atoms with Crippen molar-refractivity contribution in [3.05, 3.63) is 237 Å². The lowest BCUT2D eigenvalue weighted by Gasteiger charge is -2.16. The summed E-state index contributed by atoms with van der Waals surface area (Å²) in [6.45, 7) is 0. The SMILES string of the molecule is c1ccc(-c2ccc(-c3cc(-c4ccc(-c5ccc(-c6c7c(cc8c(-c9ccccc9)nc9ccccc9c68)oc6ccccc67)cc5)c5ccccc45)nc(-c4ccccc4)n3)cc2)cc1. The Balaban J connectivity index is 0.962. The molecule has 0 spiro atoms. The summed E-state index contributed by atoms with van der Waals surface area (Å²) in [7, 11) is 0. The highest BCUT2D eigenvalue weighted by Gasteiger charge is 2.22. The molecule has 4 heteroatoms. The van der Waals surface area contributed by atoms with E-state index < -0.39 is 0 Å². The normalized spacial score (nSPS) is 11.6. The molecule has 0 saturated carbocycles. The molecule has 0 bridgehead atoms. The molecule has 13 rings (SSSR count). The van der Waals surface area contributed by atoms with Gasteiger partial charge in [0.05, 0.1) is 22.6 Å². The van der Waals surface area contributed by atoms with Crippen LogP contribution in [-0.4, -0.2) is 15.0 Å². The van der Waals surface area contributed by atoms with Gasteiger partial charge in [0.1, 0.15) is 11.2 Å². The maximum absolute atomic E-state index is 6.66. The van der Waals surface area contributed by atoms with E-state index >= 15 is 0 Å². The average molecular weight is 854 g/mol. The van der Waals surface area contributed by atoms with E-state index in [1.165, 1.54) is 11.1 Å². The van der Waals surface area contributed by atoms with Crippen LogP contribution in [0.15, 0.2) is 241 Å². The topological polar surface area (TPSA) is 51.8 Å². The second-order valence-corrected chi connectivity index (χ2v) is 17.0. The van der Waals surface area contributed by atoms with Crippen LogP contribution in [0.1, 0.15) is 0 Å². The summed E-state index contributed by atoms with van der Waals surface area (Å²) in [5.74, 6) is 0.691. The molecule has 0 unspecified atom stereocenters. The third-order valence-electron chi connectivity index (χ3n) is 13.1. The summed E-state index contributed by atoms with van der Waals surface area (Å²) in [5.41, 5.74) is 16.4. The number of nitrogens with zero attached hydrogens (tertiary/aromatic N) is 3. The van der Waals surface area contributed by atoms with Crippen LogP contribution in [0.25, 0.3) is 133 Å². The fourth-order valence-corrected chi connectivity index (χ4v) is 9.93. The maximum Gasteiger partial charge on any atom is 0.160 e. The van der Waals surface area contributed by atoms with Gasteiger partial charge in [0, 0.05) is 54.7 Å². The molecule has 0 atom stereocenters. The first kappa shape index (κ1) is 38.5. The number of furan rings is 1. The predicted molar refractivity (Wildman–Crippen MR) is 278 cm³/mol. The number of aromatic nitrogens is 3. The molecular weight excluding hydrogens is 815 g/mol. The lowest BCUT2D eigenvalue weighted by atomic mass is 9.88. The Morgan fingerprint density at radius 1 is 0.284 bits per heavy atom. The fraction of sp³-hybridized carbons (Fsp3) is 0. The van der Waals surface area contributed by atoms with Crippen molar-refractivity contribution in [1.82, 2.24) is 15.0 Å². The molecule has 0 aliphatic heterocycles. The monoisotopic (exact) mass is 853 g/mol. The van der Waals surface area contributed by atoms with Gasteiger partial charge >= 0.3 is 0 Å². The van der Waals surface area contributed by atoms with Crippen molar-refractivity contribution in [3.8, 4) is 78.5 Å². The highest BCUT2D eigenvalue weighted by Crippen LogP contribution is 2.47. The molecule has 0 aliphatic rings. The van der Waals surface area contributed by atoms with E-state index in [0.29, 0.717) is 5.82 Å². The molecule has 67 heavy (non-hydrogen) atoms. The van der Waals surface area contributed by atoms with Gasteiger partial charge in [-0.2, -0.15) is 0 Å². The number of hydrogen-bond acceptors (Lipinski definition) is 4. The van der Waals surface area contributed by atoms with Crippen LogP contribution in [0.4, 0.5) is 0 Å². The zero-order valence-corrected chi connectivity index (χ0v) is 36.3. The molecule has 0 saturated heterocycles. The number of hydrogen-bond donors (Lipinski definition) is 0. The van der Waals surface area contributed by atoms with E-state index in [2.05, 4.69) is 206 Å². The molecule has 312 valence electrons. The highest BCUT2D eigenvalue weighted by atomic mass is 16.3. The summed E-state index contributed by atoms with van der Waals surface area (Å²) in [6, 6.07) is 83.3. The molecule has 3 aromatic heterocycles. The van der Waals surface area contributed by atoms with Gasteiger partial charge in [-0.1, -0.05) is 212 Å². The number of rotatable bonds is 7. The molecule has 13 aromatic rings. The molecule has 0 radical (unpaired) electrons. The van der Waals surface area contributed by atoms with Gasteiger partial charge in [0.25, 0.3) is 0 Å². The Kier molecular flexibility index (Phi) is 9.14. The number of pyridine rings is 1. The number of para-hydroxylation sites is 2. The van der Waals surface area contributed by atoms with Crippen molar-refractivity contribution in [2.45, 2.75) is 0 Å². The Morgan fingerprint density at radius 3 is 1.54 bits per heavy atom. The summed E-state index contributed by atoms with van der Waals surface area (Å²) < 4.78 is 6.66. The van der Waals surface area contributed by atoms with Crippen molar-refractivity contribution in [3.63, 3.8) is 0 Å². The Hall–Kier alpha value is -8.99. The van der Waals surface area contributed by atoms with Crippen molar-refractivity contribution in [2.24, 2.45) is 0 Å². The molecule has 4 nitrogen and oxygen atoms in total. The third-order valence-corrected chi connectivity index (χ3v) is 13.1. The van der Waals surface area contributed by atoms with Crippen LogP contribution < -0.4 is 0 Å². The minimum atomic E-state index is 0.691. The minimum absolute atomic E-state index is 0.691. The second-order valence-electron chi connectivity index (χ2n) is 17.0. The summed E-state index contributed by atoms with van der Waals surface area (Å²) >= 11 is 0. The van der Waals surface area contributed by atoms with Crippen molar-refractivity contribution < 1.29 is 4.42 Å². The van der Waals surface area contributed by atoms with Crippen molar-refractivity contribution in [2.75, 3.05) is 0 Å². The average Bonchev–Trinajstić information content (AvgIpc) is 3.79. The third kappa shape index (κ3) is 6.65. The Bertz CT molecular complexity index is 3990. The first-order chi connectivity index (χ1) is 33.2.